The van der Waals surface area contributed by atoms with Crippen molar-refractivity contribution in [3.05, 3.63) is 48.3 Å². The Labute approximate surface area is 147 Å². The summed E-state index contributed by atoms with van der Waals surface area (Å²) < 4.78 is 13.1. The van der Waals surface area contributed by atoms with Gasteiger partial charge in [-0.25, -0.2) is 4.68 Å². The van der Waals surface area contributed by atoms with Crippen LogP contribution in [0.4, 0.5) is 0 Å². The molecular weight excluding hydrogens is 318 g/mol. The normalized spacial score (nSPS) is 21.6. The van der Waals surface area contributed by atoms with Crippen molar-refractivity contribution < 1.29 is 14.3 Å². The minimum Gasteiger partial charge on any atom is -0.348 e. The van der Waals surface area contributed by atoms with E-state index < -0.39 is 0 Å². The molecule has 2 aliphatic rings. The molecule has 4 rings (SSSR count). The highest BCUT2D eigenvalue weighted by Crippen LogP contribution is 2.25. The van der Waals surface area contributed by atoms with Crippen molar-refractivity contribution in [2.45, 2.75) is 38.0 Å². The molecule has 2 saturated heterocycles. The molecule has 2 fully saturated rings. The molecular formula is C19H23N3O3. The first-order valence-corrected chi connectivity index (χ1v) is 8.93. The number of para-hydroxylation sites is 1. The van der Waals surface area contributed by atoms with Crippen LogP contribution in [-0.4, -0.2) is 52.7 Å². The molecule has 0 aliphatic carbocycles. The minimum atomic E-state index is -0.267. The Balaban J connectivity index is 1.44. The smallest absolute Gasteiger partial charge is 0.227 e. The highest BCUT2D eigenvalue weighted by atomic mass is 16.7. The molecule has 1 atom stereocenters. The van der Waals surface area contributed by atoms with E-state index in [1.165, 1.54) is 0 Å². The fourth-order valence-corrected chi connectivity index (χ4v) is 3.60. The van der Waals surface area contributed by atoms with E-state index in [1.807, 2.05) is 41.4 Å². The predicted octanol–water partition coefficient (Wildman–Crippen LogP) is 2.17. The van der Waals surface area contributed by atoms with E-state index in [-0.39, 0.29) is 18.2 Å². The van der Waals surface area contributed by atoms with Gasteiger partial charge in [0.1, 0.15) is 0 Å². The number of aromatic nitrogens is 2. The van der Waals surface area contributed by atoms with Crippen LogP contribution in [0.1, 0.15) is 24.8 Å². The van der Waals surface area contributed by atoms with Crippen LogP contribution >= 0.6 is 0 Å². The molecule has 1 unspecified atom stereocenters. The number of piperidine rings is 1. The second-order valence-corrected chi connectivity index (χ2v) is 6.57. The molecule has 0 radical (unpaired) electrons. The Kier molecular flexibility index (Phi) is 4.81. The number of carbonyl (C=O) groups excluding carboxylic acids is 1. The molecule has 6 nitrogen and oxygen atoms in total. The first-order valence-electron chi connectivity index (χ1n) is 8.93. The number of nitrogens with zero attached hydrogens (tertiary/aromatic N) is 3. The van der Waals surface area contributed by atoms with Crippen LogP contribution < -0.4 is 0 Å². The van der Waals surface area contributed by atoms with Crippen molar-refractivity contribution in [3.8, 4) is 5.69 Å². The lowest BCUT2D eigenvalue weighted by molar-refractivity contribution is -0.149. The maximum atomic E-state index is 12.9. The molecule has 1 aromatic carbocycles. The van der Waals surface area contributed by atoms with Gasteiger partial charge in [0.2, 0.25) is 5.91 Å². The third-order valence-electron chi connectivity index (χ3n) is 4.84. The zero-order valence-corrected chi connectivity index (χ0v) is 14.2. The van der Waals surface area contributed by atoms with E-state index in [2.05, 4.69) is 5.10 Å². The summed E-state index contributed by atoms with van der Waals surface area (Å²) >= 11 is 0. The van der Waals surface area contributed by atoms with E-state index >= 15 is 0 Å². The number of rotatable bonds is 4. The summed E-state index contributed by atoms with van der Waals surface area (Å²) in [5.74, 6) is 0.122. The van der Waals surface area contributed by atoms with Crippen molar-refractivity contribution in [3.63, 3.8) is 0 Å². The molecule has 3 heterocycles. The minimum absolute atomic E-state index is 0.0351. The van der Waals surface area contributed by atoms with Gasteiger partial charge in [0.25, 0.3) is 0 Å². The summed E-state index contributed by atoms with van der Waals surface area (Å²) in [6, 6.07) is 9.94. The van der Waals surface area contributed by atoms with E-state index in [0.29, 0.717) is 19.6 Å². The summed E-state index contributed by atoms with van der Waals surface area (Å²) in [6.45, 7) is 2.01. The molecule has 0 bridgehead atoms. The summed E-state index contributed by atoms with van der Waals surface area (Å²) in [5.41, 5.74) is 1.91. The monoisotopic (exact) mass is 341 g/mol. The first-order chi connectivity index (χ1) is 12.3. The molecule has 2 aromatic rings. The molecule has 0 saturated carbocycles. The van der Waals surface area contributed by atoms with Gasteiger partial charge in [0, 0.05) is 12.7 Å². The maximum absolute atomic E-state index is 12.9. The van der Waals surface area contributed by atoms with Gasteiger partial charge in [-0.05, 0) is 37.0 Å². The largest absolute Gasteiger partial charge is 0.348 e. The van der Waals surface area contributed by atoms with Gasteiger partial charge in [-0.1, -0.05) is 18.2 Å². The fraction of sp³-hybridized carbons (Fsp3) is 0.474. The third-order valence-corrected chi connectivity index (χ3v) is 4.84. The Bertz CT molecular complexity index is 710. The zero-order chi connectivity index (χ0) is 17.1. The van der Waals surface area contributed by atoms with Gasteiger partial charge in [0.05, 0.1) is 37.6 Å². The van der Waals surface area contributed by atoms with Crippen molar-refractivity contribution in [1.29, 1.82) is 0 Å². The third kappa shape index (κ3) is 3.60. The molecule has 0 N–H and O–H groups in total. The van der Waals surface area contributed by atoms with E-state index in [4.69, 9.17) is 9.47 Å². The number of ether oxygens (including phenoxy) is 2. The number of benzene rings is 1. The van der Waals surface area contributed by atoms with Crippen LogP contribution in [0, 0.1) is 0 Å². The van der Waals surface area contributed by atoms with Gasteiger partial charge in [-0.3, -0.25) is 4.79 Å². The maximum Gasteiger partial charge on any atom is 0.227 e. The predicted molar refractivity (Wildman–Crippen MR) is 92.3 cm³/mol. The molecule has 25 heavy (non-hydrogen) atoms. The number of hydrogen-bond donors (Lipinski definition) is 0. The summed E-state index contributed by atoms with van der Waals surface area (Å²) in [4.78, 5) is 14.8. The standard InChI is InChI=1S/C19H23N3O3/c23-18(21-9-5-4-8-17(21)19-24-10-11-25-19)12-15-13-20-22(14-15)16-6-2-1-3-7-16/h1-3,6-7,13-14,17,19H,4-5,8-12H2. The van der Waals surface area contributed by atoms with Gasteiger partial charge in [0.15, 0.2) is 6.29 Å². The van der Waals surface area contributed by atoms with Crippen LogP contribution in [0.3, 0.4) is 0 Å². The van der Waals surface area contributed by atoms with Gasteiger partial charge < -0.3 is 14.4 Å². The SMILES string of the molecule is O=C(Cc1cnn(-c2ccccc2)c1)N1CCCCC1C1OCCO1. The quantitative estimate of drug-likeness (QED) is 0.855. The van der Waals surface area contributed by atoms with E-state index in [9.17, 15) is 4.79 Å². The zero-order valence-electron chi connectivity index (χ0n) is 14.2. The molecule has 6 heteroatoms. The number of hydrogen-bond acceptors (Lipinski definition) is 4. The summed E-state index contributed by atoms with van der Waals surface area (Å²) in [5, 5.41) is 4.38. The molecule has 0 spiro atoms. The van der Waals surface area contributed by atoms with Crippen molar-refractivity contribution in [2.75, 3.05) is 19.8 Å². The van der Waals surface area contributed by atoms with Crippen LogP contribution in [-0.2, 0) is 20.7 Å². The number of carbonyl (C=O) groups is 1. The average molecular weight is 341 g/mol. The lowest BCUT2D eigenvalue weighted by Crippen LogP contribution is -2.50. The number of likely N-dealkylation sites (tertiary alicyclic amines) is 1. The Morgan fingerprint density at radius 2 is 1.96 bits per heavy atom. The van der Waals surface area contributed by atoms with E-state index in [0.717, 1.165) is 37.1 Å². The average Bonchev–Trinajstić information content (AvgIpc) is 3.34. The highest BCUT2D eigenvalue weighted by Gasteiger charge is 2.36. The lowest BCUT2D eigenvalue weighted by Gasteiger charge is -2.38. The van der Waals surface area contributed by atoms with Crippen LogP contribution in [0.5, 0.6) is 0 Å². The fourth-order valence-electron chi connectivity index (χ4n) is 3.60. The van der Waals surface area contributed by atoms with Gasteiger partial charge >= 0.3 is 0 Å². The lowest BCUT2D eigenvalue weighted by atomic mass is 10.0. The Morgan fingerprint density at radius 3 is 2.76 bits per heavy atom. The topological polar surface area (TPSA) is 56.6 Å². The summed E-state index contributed by atoms with van der Waals surface area (Å²) in [6.07, 6.45) is 6.88. The van der Waals surface area contributed by atoms with Gasteiger partial charge in [-0.2, -0.15) is 5.10 Å². The first kappa shape index (κ1) is 16.3. The van der Waals surface area contributed by atoms with Crippen molar-refractivity contribution in [1.82, 2.24) is 14.7 Å². The Morgan fingerprint density at radius 1 is 1.16 bits per heavy atom. The Hall–Kier alpha value is -2.18. The molecule has 1 aromatic heterocycles. The van der Waals surface area contributed by atoms with Crippen LogP contribution in [0.15, 0.2) is 42.7 Å². The van der Waals surface area contributed by atoms with Crippen LogP contribution in [0.2, 0.25) is 0 Å². The second-order valence-electron chi connectivity index (χ2n) is 6.57. The summed E-state index contributed by atoms with van der Waals surface area (Å²) in [7, 11) is 0. The van der Waals surface area contributed by atoms with Crippen molar-refractivity contribution >= 4 is 5.91 Å². The van der Waals surface area contributed by atoms with Crippen molar-refractivity contribution in [2.24, 2.45) is 0 Å². The van der Waals surface area contributed by atoms with E-state index in [1.54, 1.807) is 10.9 Å². The molecule has 1 amide bonds. The second kappa shape index (κ2) is 7.37. The molecule has 2 aliphatic heterocycles. The number of amides is 1. The highest BCUT2D eigenvalue weighted by molar-refractivity contribution is 5.79. The van der Waals surface area contributed by atoms with Gasteiger partial charge in [-0.15, -0.1) is 0 Å². The van der Waals surface area contributed by atoms with Crippen LogP contribution in [0.25, 0.3) is 5.69 Å². The molecule has 132 valence electrons.